The fraction of sp³-hybridized carbons (Fsp3) is 1.00. The Balaban J connectivity index is 1.96. The van der Waals surface area contributed by atoms with Gasteiger partial charge in [0.25, 0.3) is 0 Å². The lowest BCUT2D eigenvalue weighted by atomic mass is 9.88. The predicted molar refractivity (Wildman–Crippen MR) is 91.0 cm³/mol. The molecule has 1 rings (SSSR count). The van der Waals surface area contributed by atoms with Gasteiger partial charge in [0.1, 0.15) is 0 Å². The molecule has 0 aliphatic carbocycles. The predicted octanol–water partition coefficient (Wildman–Crippen LogP) is 4.92. The Kier molecular flexibility index (Phi) is 11.0. The minimum atomic E-state index is 0.0378. The molecule has 1 aliphatic heterocycles. The quantitative estimate of drug-likeness (QED) is 0.363. The van der Waals surface area contributed by atoms with Crippen LogP contribution in [0.2, 0.25) is 0 Å². The third-order valence-corrected chi connectivity index (χ3v) is 4.42. The summed E-state index contributed by atoms with van der Waals surface area (Å²) < 4.78 is 17.2. The molecule has 1 saturated heterocycles. The van der Waals surface area contributed by atoms with Crippen LogP contribution < -0.4 is 0 Å². The molecule has 3 nitrogen and oxygen atoms in total. The summed E-state index contributed by atoms with van der Waals surface area (Å²) in [5.41, 5.74) is 0.233. The Labute approximate surface area is 139 Å². The SMILES string of the molecule is CC(C)(CCCCOCCCCBr)COC1CCCCO1. The Morgan fingerprint density at radius 3 is 2.52 bits per heavy atom. The van der Waals surface area contributed by atoms with Crippen molar-refractivity contribution in [3.05, 3.63) is 0 Å². The Morgan fingerprint density at radius 1 is 1.10 bits per heavy atom. The van der Waals surface area contributed by atoms with Gasteiger partial charge in [0.2, 0.25) is 0 Å². The Morgan fingerprint density at radius 2 is 1.86 bits per heavy atom. The lowest BCUT2D eigenvalue weighted by molar-refractivity contribution is -0.176. The van der Waals surface area contributed by atoms with Gasteiger partial charge < -0.3 is 14.2 Å². The van der Waals surface area contributed by atoms with Gasteiger partial charge in [0.05, 0.1) is 6.61 Å². The molecular weight excluding hydrogens is 332 g/mol. The fourth-order valence-electron chi connectivity index (χ4n) is 2.44. The van der Waals surface area contributed by atoms with E-state index in [9.17, 15) is 0 Å². The van der Waals surface area contributed by atoms with E-state index < -0.39 is 0 Å². The number of hydrogen-bond acceptors (Lipinski definition) is 3. The summed E-state index contributed by atoms with van der Waals surface area (Å²) in [7, 11) is 0. The van der Waals surface area contributed by atoms with Crippen molar-refractivity contribution in [2.45, 2.75) is 71.5 Å². The molecule has 0 aromatic heterocycles. The van der Waals surface area contributed by atoms with Crippen LogP contribution in [0.1, 0.15) is 65.2 Å². The highest BCUT2D eigenvalue weighted by atomic mass is 79.9. The van der Waals surface area contributed by atoms with Gasteiger partial charge in [0.15, 0.2) is 6.29 Å². The van der Waals surface area contributed by atoms with E-state index in [0.29, 0.717) is 0 Å². The van der Waals surface area contributed by atoms with Crippen LogP contribution in [0.5, 0.6) is 0 Å². The van der Waals surface area contributed by atoms with Crippen molar-refractivity contribution in [3.8, 4) is 0 Å². The molecule has 0 bridgehead atoms. The van der Waals surface area contributed by atoms with Crippen LogP contribution in [-0.2, 0) is 14.2 Å². The molecular formula is C17H33BrO3. The van der Waals surface area contributed by atoms with Crippen LogP contribution in [0.15, 0.2) is 0 Å². The zero-order valence-electron chi connectivity index (χ0n) is 13.9. The van der Waals surface area contributed by atoms with Gasteiger partial charge in [-0.2, -0.15) is 0 Å². The molecule has 1 unspecified atom stereocenters. The van der Waals surface area contributed by atoms with E-state index >= 15 is 0 Å². The number of hydrogen-bond donors (Lipinski definition) is 0. The first-order valence-electron chi connectivity index (χ1n) is 8.51. The van der Waals surface area contributed by atoms with E-state index in [2.05, 4.69) is 29.8 Å². The highest BCUT2D eigenvalue weighted by Crippen LogP contribution is 2.25. The monoisotopic (exact) mass is 364 g/mol. The topological polar surface area (TPSA) is 27.7 Å². The fourth-order valence-corrected chi connectivity index (χ4v) is 2.84. The largest absolute Gasteiger partial charge is 0.381 e. The highest BCUT2D eigenvalue weighted by Gasteiger charge is 2.21. The zero-order valence-corrected chi connectivity index (χ0v) is 15.5. The maximum atomic E-state index is 5.91. The standard InChI is InChI=1S/C17H33BrO3/c1-17(2,15-21-16-9-3-6-14-20-16)10-4-7-12-19-13-8-5-11-18/h16H,3-15H2,1-2H3. The molecule has 0 spiro atoms. The molecule has 0 saturated carbocycles. The Hall–Kier alpha value is 0.360. The molecule has 126 valence electrons. The molecule has 21 heavy (non-hydrogen) atoms. The van der Waals surface area contributed by atoms with Crippen LogP contribution in [0.4, 0.5) is 0 Å². The van der Waals surface area contributed by atoms with Crippen molar-refractivity contribution in [1.82, 2.24) is 0 Å². The average molecular weight is 365 g/mol. The van der Waals surface area contributed by atoms with Crippen molar-refractivity contribution >= 4 is 15.9 Å². The number of unbranched alkanes of at least 4 members (excludes halogenated alkanes) is 2. The second-order valence-electron chi connectivity index (χ2n) is 6.74. The smallest absolute Gasteiger partial charge is 0.157 e. The van der Waals surface area contributed by atoms with Crippen molar-refractivity contribution in [3.63, 3.8) is 0 Å². The summed E-state index contributed by atoms with van der Waals surface area (Å²) in [4.78, 5) is 0. The van der Waals surface area contributed by atoms with Crippen molar-refractivity contribution in [1.29, 1.82) is 0 Å². The van der Waals surface area contributed by atoms with Crippen molar-refractivity contribution < 1.29 is 14.2 Å². The first-order chi connectivity index (χ1) is 10.1. The van der Waals surface area contributed by atoms with Gasteiger partial charge in [-0.15, -0.1) is 0 Å². The summed E-state index contributed by atoms with van der Waals surface area (Å²) in [5.74, 6) is 0. The van der Waals surface area contributed by atoms with Crippen LogP contribution in [-0.4, -0.2) is 38.0 Å². The van der Waals surface area contributed by atoms with Crippen molar-refractivity contribution in [2.75, 3.05) is 31.8 Å². The third-order valence-electron chi connectivity index (χ3n) is 3.86. The van der Waals surface area contributed by atoms with Gasteiger partial charge in [-0.05, 0) is 50.4 Å². The van der Waals surface area contributed by atoms with E-state index in [0.717, 1.165) is 51.0 Å². The number of ether oxygens (including phenoxy) is 3. The van der Waals surface area contributed by atoms with Gasteiger partial charge in [-0.25, -0.2) is 0 Å². The first-order valence-corrected chi connectivity index (χ1v) is 9.63. The first kappa shape index (κ1) is 19.4. The summed E-state index contributed by atoms with van der Waals surface area (Å²) >= 11 is 3.43. The molecule has 1 aliphatic rings. The molecule has 1 atom stereocenters. The van der Waals surface area contributed by atoms with Crippen LogP contribution in [0.3, 0.4) is 0 Å². The van der Waals surface area contributed by atoms with Crippen molar-refractivity contribution in [2.24, 2.45) is 5.41 Å². The number of alkyl halides is 1. The second-order valence-corrected chi connectivity index (χ2v) is 7.53. The Bertz CT molecular complexity index is 240. The zero-order chi connectivity index (χ0) is 15.4. The highest BCUT2D eigenvalue weighted by molar-refractivity contribution is 9.09. The molecule has 1 heterocycles. The van der Waals surface area contributed by atoms with Crippen LogP contribution >= 0.6 is 15.9 Å². The van der Waals surface area contributed by atoms with Crippen LogP contribution in [0, 0.1) is 5.41 Å². The summed E-state index contributed by atoms with van der Waals surface area (Å²) in [6.45, 7) is 8.02. The second kappa shape index (κ2) is 11.9. The van der Waals surface area contributed by atoms with E-state index in [4.69, 9.17) is 14.2 Å². The minimum absolute atomic E-state index is 0.0378. The number of rotatable bonds is 12. The maximum absolute atomic E-state index is 5.91. The summed E-state index contributed by atoms with van der Waals surface area (Å²) in [6.07, 6.45) is 9.41. The van der Waals surface area contributed by atoms with E-state index in [1.165, 1.54) is 32.1 Å². The lowest BCUT2D eigenvalue weighted by Crippen LogP contribution is -2.28. The molecule has 0 aromatic carbocycles. The van der Waals surface area contributed by atoms with E-state index in [1.54, 1.807) is 0 Å². The molecule has 0 radical (unpaired) electrons. The molecule has 0 aromatic rings. The number of halogens is 1. The lowest BCUT2D eigenvalue weighted by Gasteiger charge is -2.29. The van der Waals surface area contributed by atoms with Gasteiger partial charge >= 0.3 is 0 Å². The van der Waals surface area contributed by atoms with E-state index in [1.807, 2.05) is 0 Å². The van der Waals surface area contributed by atoms with Gasteiger partial charge in [-0.3, -0.25) is 0 Å². The normalized spacial score (nSPS) is 19.9. The molecule has 0 N–H and O–H groups in total. The maximum Gasteiger partial charge on any atom is 0.157 e. The molecule has 0 amide bonds. The summed E-state index contributed by atoms with van der Waals surface area (Å²) in [6, 6.07) is 0. The molecule has 4 heteroatoms. The van der Waals surface area contributed by atoms with Crippen LogP contribution in [0.25, 0.3) is 0 Å². The van der Waals surface area contributed by atoms with Gasteiger partial charge in [0, 0.05) is 25.2 Å². The van der Waals surface area contributed by atoms with E-state index in [-0.39, 0.29) is 11.7 Å². The minimum Gasteiger partial charge on any atom is -0.381 e. The molecule has 1 fully saturated rings. The van der Waals surface area contributed by atoms with Gasteiger partial charge in [-0.1, -0.05) is 36.2 Å². The summed E-state index contributed by atoms with van der Waals surface area (Å²) in [5, 5.41) is 1.08. The third kappa shape index (κ3) is 10.7. The average Bonchev–Trinajstić information content (AvgIpc) is 2.49.